The van der Waals surface area contributed by atoms with E-state index in [2.05, 4.69) is 0 Å². The van der Waals surface area contributed by atoms with Crippen molar-refractivity contribution >= 4 is 11.8 Å². The highest BCUT2D eigenvalue weighted by Crippen LogP contribution is 2.29. The Balaban J connectivity index is 1.95. The number of alkyl halides is 3. The van der Waals surface area contributed by atoms with Crippen LogP contribution in [0.3, 0.4) is 0 Å². The number of hydrogen-bond acceptors (Lipinski definition) is 2. The van der Waals surface area contributed by atoms with Crippen LogP contribution in [0.1, 0.15) is 24.5 Å². The first-order valence-electron chi connectivity index (χ1n) is 7.42. The lowest BCUT2D eigenvalue weighted by Crippen LogP contribution is -2.35. The van der Waals surface area contributed by atoms with Crippen molar-refractivity contribution in [3.8, 4) is 0 Å². The fraction of sp³-hybridized carbons (Fsp3) is 0.500. The number of nitrogens with zero attached hydrogens (tertiary/aromatic N) is 1. The summed E-state index contributed by atoms with van der Waals surface area (Å²) in [6.45, 7) is 2.55. The fourth-order valence-corrected chi connectivity index (χ4v) is 2.78. The number of primary amides is 1. The monoisotopic (exact) mass is 328 g/mol. The van der Waals surface area contributed by atoms with Crippen LogP contribution in [0, 0.1) is 11.8 Å². The summed E-state index contributed by atoms with van der Waals surface area (Å²) in [5.41, 5.74) is 5.21. The minimum atomic E-state index is -4.36. The van der Waals surface area contributed by atoms with Crippen molar-refractivity contribution in [3.05, 3.63) is 35.4 Å². The Labute approximate surface area is 132 Å². The van der Waals surface area contributed by atoms with E-state index >= 15 is 0 Å². The predicted molar refractivity (Wildman–Crippen MR) is 78.2 cm³/mol. The van der Waals surface area contributed by atoms with Gasteiger partial charge in [-0.15, -0.1) is 0 Å². The zero-order chi connectivity index (χ0) is 17.2. The summed E-state index contributed by atoms with van der Waals surface area (Å²) in [7, 11) is 0. The van der Waals surface area contributed by atoms with Crippen molar-refractivity contribution < 1.29 is 22.8 Å². The van der Waals surface area contributed by atoms with E-state index in [4.69, 9.17) is 5.73 Å². The van der Waals surface area contributed by atoms with Crippen LogP contribution in [0.25, 0.3) is 0 Å². The van der Waals surface area contributed by atoms with E-state index in [1.54, 1.807) is 11.8 Å². The topological polar surface area (TPSA) is 63.4 Å². The molecule has 0 aromatic heterocycles. The second-order valence-electron chi connectivity index (χ2n) is 5.97. The summed E-state index contributed by atoms with van der Waals surface area (Å²) in [5, 5.41) is 0. The van der Waals surface area contributed by atoms with Gasteiger partial charge < -0.3 is 10.6 Å². The first-order valence-corrected chi connectivity index (χ1v) is 7.42. The number of carbonyl (C=O) groups is 2. The Bertz CT molecular complexity index is 584. The Kier molecular flexibility index (Phi) is 4.97. The number of halogens is 3. The molecule has 4 nitrogen and oxygen atoms in total. The van der Waals surface area contributed by atoms with Gasteiger partial charge in [0.25, 0.3) is 0 Å². The van der Waals surface area contributed by atoms with E-state index < -0.39 is 17.6 Å². The maximum atomic E-state index is 12.5. The molecule has 2 amide bonds. The molecule has 0 aliphatic carbocycles. The molecule has 2 atom stereocenters. The molecule has 1 fully saturated rings. The quantitative estimate of drug-likeness (QED) is 0.921. The molecule has 2 rings (SSSR count). The lowest BCUT2D eigenvalue weighted by Gasteiger charge is -2.21. The van der Waals surface area contributed by atoms with E-state index in [1.807, 2.05) is 0 Å². The van der Waals surface area contributed by atoms with Crippen LogP contribution in [0.5, 0.6) is 0 Å². The van der Waals surface area contributed by atoms with Gasteiger partial charge >= 0.3 is 6.18 Å². The van der Waals surface area contributed by atoms with Crippen LogP contribution >= 0.6 is 0 Å². The van der Waals surface area contributed by atoms with Gasteiger partial charge in [0.05, 0.1) is 11.5 Å². The smallest absolute Gasteiger partial charge is 0.369 e. The summed E-state index contributed by atoms with van der Waals surface area (Å²) >= 11 is 0. The number of carbonyl (C=O) groups excluding carboxylic acids is 2. The number of benzene rings is 1. The SMILES string of the molecule is C[C@H](Cc1ccc(C(F)(F)F)cc1)C(=O)N1CC[C@@H](C(N)=O)C1. The Morgan fingerprint density at radius 1 is 1.30 bits per heavy atom. The van der Waals surface area contributed by atoms with E-state index in [1.165, 1.54) is 12.1 Å². The molecule has 0 bridgehead atoms. The summed E-state index contributed by atoms with van der Waals surface area (Å²) in [4.78, 5) is 25.1. The highest BCUT2D eigenvalue weighted by atomic mass is 19.4. The third kappa shape index (κ3) is 4.24. The molecule has 7 heteroatoms. The van der Waals surface area contributed by atoms with Crippen molar-refractivity contribution in [2.24, 2.45) is 17.6 Å². The molecule has 1 aliphatic heterocycles. The third-order valence-corrected chi connectivity index (χ3v) is 4.15. The zero-order valence-corrected chi connectivity index (χ0v) is 12.8. The molecule has 23 heavy (non-hydrogen) atoms. The second-order valence-corrected chi connectivity index (χ2v) is 5.97. The van der Waals surface area contributed by atoms with Gasteiger partial charge in [0, 0.05) is 19.0 Å². The molecule has 0 saturated carbocycles. The molecule has 1 aromatic rings. The first-order chi connectivity index (χ1) is 10.7. The average Bonchev–Trinajstić information content (AvgIpc) is 2.96. The molecule has 1 saturated heterocycles. The highest BCUT2D eigenvalue weighted by Gasteiger charge is 2.32. The van der Waals surface area contributed by atoms with Crippen molar-refractivity contribution in [2.75, 3.05) is 13.1 Å². The lowest BCUT2D eigenvalue weighted by molar-refractivity contribution is -0.138. The molecule has 126 valence electrons. The maximum absolute atomic E-state index is 12.5. The molecule has 1 heterocycles. The summed E-state index contributed by atoms with van der Waals surface area (Å²) < 4.78 is 37.6. The summed E-state index contributed by atoms with van der Waals surface area (Å²) in [6.07, 6.45) is -3.44. The van der Waals surface area contributed by atoms with Gasteiger partial charge in [-0.3, -0.25) is 9.59 Å². The molecule has 1 aliphatic rings. The zero-order valence-electron chi connectivity index (χ0n) is 12.8. The second kappa shape index (κ2) is 6.60. The Morgan fingerprint density at radius 2 is 1.91 bits per heavy atom. The van der Waals surface area contributed by atoms with Crippen LogP contribution in [-0.2, 0) is 22.2 Å². The van der Waals surface area contributed by atoms with Crippen LogP contribution in [0.4, 0.5) is 13.2 Å². The summed E-state index contributed by atoms with van der Waals surface area (Å²) in [6, 6.07) is 4.82. The van der Waals surface area contributed by atoms with Crippen molar-refractivity contribution in [3.63, 3.8) is 0 Å². The van der Waals surface area contributed by atoms with E-state index in [-0.39, 0.29) is 17.7 Å². The molecular weight excluding hydrogens is 309 g/mol. The standard InChI is InChI=1S/C16H19F3N2O2/c1-10(15(23)21-7-6-12(9-21)14(20)22)8-11-2-4-13(5-3-11)16(17,18)19/h2-5,10,12H,6-9H2,1H3,(H2,20,22)/t10-,12-/m1/s1. The molecule has 2 N–H and O–H groups in total. The number of amides is 2. The van der Waals surface area contributed by atoms with Crippen molar-refractivity contribution in [1.82, 2.24) is 4.90 Å². The molecule has 0 unspecified atom stereocenters. The Morgan fingerprint density at radius 3 is 2.39 bits per heavy atom. The van der Waals surface area contributed by atoms with E-state index in [0.717, 1.165) is 12.1 Å². The first kappa shape index (κ1) is 17.3. The molecule has 0 radical (unpaired) electrons. The van der Waals surface area contributed by atoms with Crippen LogP contribution < -0.4 is 5.73 Å². The fourth-order valence-electron chi connectivity index (χ4n) is 2.78. The average molecular weight is 328 g/mol. The third-order valence-electron chi connectivity index (χ3n) is 4.15. The minimum Gasteiger partial charge on any atom is -0.369 e. The van der Waals surface area contributed by atoms with Crippen LogP contribution in [0.2, 0.25) is 0 Å². The van der Waals surface area contributed by atoms with Gasteiger partial charge in [-0.25, -0.2) is 0 Å². The predicted octanol–water partition coefficient (Wildman–Crippen LogP) is 2.22. The normalized spacial score (nSPS) is 19.7. The van der Waals surface area contributed by atoms with Crippen molar-refractivity contribution in [1.29, 1.82) is 0 Å². The number of rotatable bonds is 4. The van der Waals surface area contributed by atoms with Gasteiger partial charge in [0.15, 0.2) is 0 Å². The highest BCUT2D eigenvalue weighted by molar-refractivity contribution is 5.82. The number of hydrogen-bond donors (Lipinski definition) is 1. The van der Waals surface area contributed by atoms with Crippen LogP contribution in [0.15, 0.2) is 24.3 Å². The Hall–Kier alpha value is -2.05. The van der Waals surface area contributed by atoms with Crippen LogP contribution in [-0.4, -0.2) is 29.8 Å². The van der Waals surface area contributed by atoms with E-state index in [0.29, 0.717) is 31.5 Å². The number of nitrogens with two attached hydrogens (primary N) is 1. The molecule has 0 spiro atoms. The molecule has 1 aromatic carbocycles. The van der Waals surface area contributed by atoms with Gasteiger partial charge in [-0.05, 0) is 30.5 Å². The number of likely N-dealkylation sites (tertiary alicyclic amines) is 1. The van der Waals surface area contributed by atoms with Gasteiger partial charge in [-0.1, -0.05) is 19.1 Å². The minimum absolute atomic E-state index is 0.103. The molecular formula is C16H19F3N2O2. The lowest BCUT2D eigenvalue weighted by atomic mass is 9.99. The van der Waals surface area contributed by atoms with Gasteiger partial charge in [0.2, 0.25) is 11.8 Å². The van der Waals surface area contributed by atoms with Crippen molar-refractivity contribution in [2.45, 2.75) is 25.9 Å². The summed E-state index contributed by atoms with van der Waals surface area (Å²) in [5.74, 6) is -1.18. The maximum Gasteiger partial charge on any atom is 0.416 e. The van der Waals surface area contributed by atoms with Gasteiger partial charge in [0.1, 0.15) is 0 Å². The van der Waals surface area contributed by atoms with E-state index in [9.17, 15) is 22.8 Å². The largest absolute Gasteiger partial charge is 0.416 e. The van der Waals surface area contributed by atoms with Gasteiger partial charge in [-0.2, -0.15) is 13.2 Å².